The highest BCUT2D eigenvalue weighted by atomic mass is 15.1. The number of hydrogen-bond acceptors (Lipinski definition) is 6. The molecule has 0 aliphatic carbocycles. The molecule has 29 heavy (non-hydrogen) atoms. The molecule has 0 fully saturated rings. The number of rotatable bonds is 3. The molecule has 0 saturated heterocycles. The molecule has 3 rings (SSSR count). The van der Waals surface area contributed by atoms with Gasteiger partial charge in [-0.05, 0) is 17.5 Å². The van der Waals surface area contributed by atoms with Gasteiger partial charge in [0.1, 0.15) is 18.2 Å². The summed E-state index contributed by atoms with van der Waals surface area (Å²) in [5.41, 5.74) is 3.20. The summed E-state index contributed by atoms with van der Waals surface area (Å²) in [6, 6.07) is 14.4. The van der Waals surface area contributed by atoms with E-state index >= 15 is 0 Å². The van der Waals surface area contributed by atoms with Crippen LogP contribution in [0, 0.1) is 34.0 Å². The zero-order valence-corrected chi connectivity index (χ0v) is 17.5. The fourth-order valence-electron chi connectivity index (χ4n) is 3.96. The maximum Gasteiger partial charge on any atom is 0.103 e. The van der Waals surface area contributed by atoms with Gasteiger partial charge in [-0.25, -0.2) is 0 Å². The van der Waals surface area contributed by atoms with Crippen LogP contribution in [0.4, 0.5) is 17.1 Å². The van der Waals surface area contributed by atoms with Crippen molar-refractivity contribution in [1.29, 1.82) is 15.8 Å². The minimum atomic E-state index is 0.124. The predicted octanol–water partition coefficient (Wildman–Crippen LogP) is 3.81. The van der Waals surface area contributed by atoms with E-state index in [0.717, 1.165) is 27.5 Å². The molecule has 3 aromatic rings. The highest BCUT2D eigenvalue weighted by Gasteiger charge is 2.26. The summed E-state index contributed by atoms with van der Waals surface area (Å²) in [5.74, 6) is 0. The van der Waals surface area contributed by atoms with Gasteiger partial charge in [-0.15, -0.1) is 0 Å². The summed E-state index contributed by atoms with van der Waals surface area (Å²) in [4.78, 5) is 5.91. The van der Waals surface area contributed by atoms with Gasteiger partial charge in [-0.2, -0.15) is 15.8 Å². The predicted molar refractivity (Wildman–Crippen MR) is 119 cm³/mol. The van der Waals surface area contributed by atoms with Crippen molar-refractivity contribution >= 4 is 38.6 Å². The fraction of sp³-hybridized carbons (Fsp3) is 0.261. The molecule has 0 bridgehead atoms. The molecule has 0 aliphatic heterocycles. The van der Waals surface area contributed by atoms with E-state index in [1.54, 1.807) is 0 Å². The van der Waals surface area contributed by atoms with Crippen molar-refractivity contribution in [3.8, 4) is 18.2 Å². The second-order valence-electron chi connectivity index (χ2n) is 7.52. The van der Waals surface area contributed by atoms with Crippen molar-refractivity contribution < 1.29 is 0 Å². The lowest BCUT2D eigenvalue weighted by atomic mass is 9.89. The minimum Gasteiger partial charge on any atom is -0.377 e. The highest BCUT2D eigenvalue weighted by Crippen LogP contribution is 2.46. The Balaban J connectivity index is 2.83. The number of nitriles is 3. The summed E-state index contributed by atoms with van der Waals surface area (Å²) in [5, 5.41) is 33.0. The van der Waals surface area contributed by atoms with Gasteiger partial charge in [-0.1, -0.05) is 12.1 Å². The lowest BCUT2D eigenvalue weighted by molar-refractivity contribution is 1.11. The minimum absolute atomic E-state index is 0.124. The van der Waals surface area contributed by atoms with E-state index < -0.39 is 0 Å². The molecule has 0 saturated carbocycles. The Hall–Kier alpha value is -3.95. The fourth-order valence-corrected chi connectivity index (χ4v) is 3.96. The van der Waals surface area contributed by atoms with E-state index in [9.17, 15) is 15.8 Å². The molecule has 0 heterocycles. The number of anilines is 3. The van der Waals surface area contributed by atoms with Gasteiger partial charge >= 0.3 is 0 Å². The second-order valence-corrected chi connectivity index (χ2v) is 7.52. The van der Waals surface area contributed by atoms with Crippen LogP contribution < -0.4 is 14.7 Å². The number of nitrogens with zero attached hydrogens (tertiary/aromatic N) is 6. The van der Waals surface area contributed by atoms with Crippen LogP contribution in [0.2, 0.25) is 0 Å². The topological polar surface area (TPSA) is 81.1 Å². The summed E-state index contributed by atoms with van der Waals surface area (Å²) in [6.45, 7) is 0. The Morgan fingerprint density at radius 2 is 1.24 bits per heavy atom. The maximum atomic E-state index is 9.90. The molecular formula is C23H22N6. The number of hydrogen-bond donors (Lipinski definition) is 0. The van der Waals surface area contributed by atoms with Gasteiger partial charge in [0.25, 0.3) is 0 Å². The van der Waals surface area contributed by atoms with Crippen molar-refractivity contribution in [2.45, 2.75) is 0 Å². The lowest BCUT2D eigenvalue weighted by Crippen LogP contribution is -2.17. The third kappa shape index (κ3) is 2.85. The summed E-state index contributed by atoms with van der Waals surface area (Å²) < 4.78 is 0. The van der Waals surface area contributed by atoms with Crippen molar-refractivity contribution in [3.05, 3.63) is 41.0 Å². The van der Waals surface area contributed by atoms with Gasteiger partial charge in [0, 0.05) is 64.1 Å². The molecule has 6 nitrogen and oxygen atoms in total. The van der Waals surface area contributed by atoms with Crippen molar-refractivity contribution in [3.63, 3.8) is 0 Å². The quantitative estimate of drug-likeness (QED) is 0.641. The van der Waals surface area contributed by atoms with Crippen molar-refractivity contribution in [1.82, 2.24) is 0 Å². The van der Waals surface area contributed by atoms with Gasteiger partial charge in [0.2, 0.25) is 0 Å². The van der Waals surface area contributed by atoms with E-state index in [1.807, 2.05) is 70.3 Å². The Morgan fingerprint density at radius 3 is 1.72 bits per heavy atom. The Bertz CT molecular complexity index is 1260. The smallest absolute Gasteiger partial charge is 0.103 e. The third-order valence-electron chi connectivity index (χ3n) is 5.07. The maximum absolute atomic E-state index is 9.90. The van der Waals surface area contributed by atoms with Crippen LogP contribution in [-0.4, -0.2) is 42.3 Å². The Morgan fingerprint density at radius 1 is 0.655 bits per heavy atom. The summed E-state index contributed by atoms with van der Waals surface area (Å²) in [6.07, 6.45) is 0. The van der Waals surface area contributed by atoms with Crippen molar-refractivity contribution in [2.75, 3.05) is 57.0 Å². The van der Waals surface area contributed by atoms with Crippen LogP contribution in [0.25, 0.3) is 21.5 Å². The van der Waals surface area contributed by atoms with Crippen LogP contribution >= 0.6 is 0 Å². The van der Waals surface area contributed by atoms with Crippen LogP contribution in [0.1, 0.15) is 16.7 Å². The number of fused-ring (bicyclic) bond motifs is 2. The molecule has 0 spiro atoms. The van der Waals surface area contributed by atoms with Gasteiger partial charge in [-0.3, -0.25) is 0 Å². The average molecular weight is 382 g/mol. The molecule has 0 aliphatic rings. The number of benzene rings is 3. The second kappa shape index (κ2) is 7.23. The molecule has 0 radical (unpaired) electrons. The Kier molecular flexibility index (Phi) is 4.93. The lowest BCUT2D eigenvalue weighted by Gasteiger charge is -2.27. The largest absolute Gasteiger partial charge is 0.377 e. The molecule has 3 aromatic carbocycles. The van der Waals surface area contributed by atoms with Crippen molar-refractivity contribution in [2.24, 2.45) is 0 Å². The summed E-state index contributed by atoms with van der Waals surface area (Å²) >= 11 is 0. The first-order valence-corrected chi connectivity index (χ1v) is 9.10. The highest BCUT2D eigenvalue weighted by molar-refractivity contribution is 6.21. The van der Waals surface area contributed by atoms with E-state index in [2.05, 4.69) is 29.2 Å². The molecule has 0 aromatic heterocycles. The molecular weight excluding hydrogens is 360 g/mol. The van der Waals surface area contributed by atoms with Crippen LogP contribution in [-0.2, 0) is 0 Å². The monoisotopic (exact) mass is 382 g/mol. The zero-order valence-electron chi connectivity index (χ0n) is 17.5. The summed E-state index contributed by atoms with van der Waals surface area (Å²) in [7, 11) is 11.6. The Labute approximate surface area is 171 Å². The van der Waals surface area contributed by atoms with E-state index in [0.29, 0.717) is 11.1 Å². The first-order valence-electron chi connectivity index (χ1n) is 9.10. The van der Waals surface area contributed by atoms with Gasteiger partial charge < -0.3 is 14.7 Å². The first-order chi connectivity index (χ1) is 13.8. The standard InChI is InChI=1S/C23H22N6/c1-27(2)19-9-7-8-14-10-15-16(11-24)17(12-25)18(13-26)22(28(3)4)21(15)23(20(14)19)29(5)6/h7-10H,1-6H3. The van der Waals surface area contributed by atoms with E-state index in [4.69, 9.17) is 0 Å². The van der Waals surface area contributed by atoms with E-state index in [1.165, 1.54) is 0 Å². The van der Waals surface area contributed by atoms with Crippen LogP contribution in [0.15, 0.2) is 24.3 Å². The third-order valence-corrected chi connectivity index (χ3v) is 5.07. The molecule has 144 valence electrons. The first kappa shape index (κ1) is 19.8. The molecule has 0 atom stereocenters. The zero-order chi connectivity index (χ0) is 21.5. The van der Waals surface area contributed by atoms with Gasteiger partial charge in [0.05, 0.1) is 28.1 Å². The van der Waals surface area contributed by atoms with E-state index in [-0.39, 0.29) is 16.7 Å². The molecule has 0 N–H and O–H groups in total. The molecule has 6 heteroatoms. The SMILES string of the molecule is CN(C)c1cccc2cc3c(C#N)c(C#N)c(C#N)c(N(C)C)c3c(N(C)C)c12. The average Bonchev–Trinajstić information content (AvgIpc) is 2.68. The van der Waals surface area contributed by atoms with Gasteiger partial charge in [0.15, 0.2) is 0 Å². The normalized spacial score (nSPS) is 10.3. The molecule has 0 unspecified atom stereocenters. The van der Waals surface area contributed by atoms with Crippen LogP contribution in [0.5, 0.6) is 0 Å². The van der Waals surface area contributed by atoms with Crippen LogP contribution in [0.3, 0.4) is 0 Å². The molecule has 0 amide bonds.